The first-order valence-corrected chi connectivity index (χ1v) is 7.74. The van der Waals surface area contributed by atoms with E-state index in [2.05, 4.69) is 5.32 Å². The van der Waals surface area contributed by atoms with Gasteiger partial charge in [-0.3, -0.25) is 10.2 Å². The zero-order valence-electron chi connectivity index (χ0n) is 14.6. The number of nitrogens with one attached hydrogen (secondary N) is 2. The van der Waals surface area contributed by atoms with E-state index in [-0.39, 0.29) is 24.8 Å². The molecule has 0 aliphatic carbocycles. The average molecular weight is 420 g/mol. The van der Waals surface area contributed by atoms with E-state index >= 15 is 0 Å². The molecule has 0 heterocycles. The van der Waals surface area contributed by atoms with Gasteiger partial charge in [-0.2, -0.15) is 13.2 Å². The predicted octanol–water partition coefficient (Wildman–Crippen LogP) is 3.55. The van der Waals surface area contributed by atoms with Gasteiger partial charge >= 0.3 is 6.18 Å². The second kappa shape index (κ2) is 9.52. The third-order valence-corrected chi connectivity index (χ3v) is 3.81. The van der Waals surface area contributed by atoms with E-state index in [1.165, 1.54) is 0 Å². The van der Waals surface area contributed by atoms with Crippen LogP contribution in [0.2, 0.25) is 0 Å². The molecule has 1 amide bonds. The number of ether oxygens (including phenoxy) is 1. The van der Waals surface area contributed by atoms with Gasteiger partial charge in [0.1, 0.15) is 11.7 Å². The van der Waals surface area contributed by atoms with Gasteiger partial charge in [-0.1, -0.05) is 24.3 Å². The first kappa shape index (κ1) is 23.4. The van der Waals surface area contributed by atoms with Crippen molar-refractivity contribution in [2.24, 2.45) is 5.73 Å². The zero-order chi connectivity index (χ0) is 20.2. The number of hydrogen-bond acceptors (Lipinski definition) is 3. The number of benzene rings is 2. The number of amides is 1. The molecule has 0 bridgehead atoms. The van der Waals surface area contributed by atoms with Crippen molar-refractivity contribution < 1.29 is 27.1 Å². The van der Waals surface area contributed by atoms with Crippen molar-refractivity contribution in [2.75, 3.05) is 7.11 Å². The van der Waals surface area contributed by atoms with Crippen LogP contribution in [0.5, 0.6) is 0 Å². The summed E-state index contributed by atoms with van der Waals surface area (Å²) in [5, 5.41) is 9.80. The van der Waals surface area contributed by atoms with Crippen LogP contribution in [-0.2, 0) is 22.3 Å². The van der Waals surface area contributed by atoms with Crippen molar-refractivity contribution in [3.05, 3.63) is 70.5 Å². The van der Waals surface area contributed by atoms with Crippen molar-refractivity contribution in [2.45, 2.75) is 18.8 Å². The Kier molecular flexibility index (Phi) is 7.95. The van der Waals surface area contributed by atoms with E-state index in [4.69, 9.17) is 15.9 Å². The highest BCUT2D eigenvalue weighted by atomic mass is 35.5. The molecule has 10 heteroatoms. The lowest BCUT2D eigenvalue weighted by molar-refractivity contribution is -0.138. The Hall–Kier alpha value is -2.65. The minimum absolute atomic E-state index is 0. The Bertz CT molecular complexity index is 842. The largest absolute Gasteiger partial charge is 0.416 e. The Labute approximate surface area is 164 Å². The average Bonchev–Trinajstić information content (AvgIpc) is 2.61. The SMILES string of the molecule is COC(C(=O)NCc1ccc(C(=N)N)cc1)c1cc(C(F)(F)F)ccc1F.Cl. The molecule has 0 aliphatic rings. The molecular weight excluding hydrogens is 402 g/mol. The summed E-state index contributed by atoms with van der Waals surface area (Å²) < 4.78 is 57.4. The maximum atomic E-state index is 14.0. The number of carbonyl (C=O) groups excluding carboxylic acids is 1. The lowest BCUT2D eigenvalue weighted by Gasteiger charge is -2.18. The van der Waals surface area contributed by atoms with Crippen LogP contribution in [0, 0.1) is 11.2 Å². The predicted molar refractivity (Wildman–Crippen MR) is 97.7 cm³/mol. The van der Waals surface area contributed by atoms with Crippen LogP contribution in [0.3, 0.4) is 0 Å². The highest BCUT2D eigenvalue weighted by molar-refractivity contribution is 5.94. The Morgan fingerprint density at radius 2 is 1.82 bits per heavy atom. The Morgan fingerprint density at radius 3 is 2.32 bits per heavy atom. The Balaban J connectivity index is 0.00000392. The van der Waals surface area contributed by atoms with E-state index < -0.39 is 35.1 Å². The van der Waals surface area contributed by atoms with Crippen LogP contribution in [-0.4, -0.2) is 18.9 Å². The summed E-state index contributed by atoms with van der Waals surface area (Å²) >= 11 is 0. The van der Waals surface area contributed by atoms with Crippen LogP contribution < -0.4 is 11.1 Å². The maximum Gasteiger partial charge on any atom is 0.416 e. The van der Waals surface area contributed by atoms with Crippen LogP contribution in [0.4, 0.5) is 17.6 Å². The fourth-order valence-corrected chi connectivity index (χ4v) is 2.38. The molecule has 2 aromatic carbocycles. The number of carbonyl (C=O) groups is 1. The summed E-state index contributed by atoms with van der Waals surface area (Å²) in [6.45, 7) is 0.0391. The monoisotopic (exact) mass is 419 g/mol. The molecule has 28 heavy (non-hydrogen) atoms. The lowest BCUT2D eigenvalue weighted by atomic mass is 10.0. The highest BCUT2D eigenvalue weighted by Crippen LogP contribution is 2.32. The lowest BCUT2D eigenvalue weighted by Crippen LogP contribution is -2.30. The smallest absolute Gasteiger partial charge is 0.384 e. The summed E-state index contributed by atoms with van der Waals surface area (Å²) in [4.78, 5) is 12.3. The van der Waals surface area contributed by atoms with Gasteiger partial charge in [0.25, 0.3) is 5.91 Å². The summed E-state index contributed by atoms with van der Waals surface area (Å²) in [7, 11) is 1.10. The van der Waals surface area contributed by atoms with Gasteiger partial charge in [0, 0.05) is 24.8 Å². The van der Waals surface area contributed by atoms with E-state index in [0.29, 0.717) is 29.3 Å². The van der Waals surface area contributed by atoms with Crippen molar-refractivity contribution in [1.82, 2.24) is 5.32 Å². The number of nitrogen functional groups attached to an aromatic ring is 1. The van der Waals surface area contributed by atoms with E-state index in [1.807, 2.05) is 0 Å². The van der Waals surface area contributed by atoms with Crippen LogP contribution >= 0.6 is 12.4 Å². The van der Waals surface area contributed by atoms with Gasteiger partial charge in [-0.25, -0.2) is 4.39 Å². The zero-order valence-corrected chi connectivity index (χ0v) is 15.5. The second-order valence-electron chi connectivity index (χ2n) is 5.68. The molecule has 5 nitrogen and oxygen atoms in total. The number of rotatable bonds is 6. The van der Waals surface area contributed by atoms with Crippen molar-refractivity contribution in [1.29, 1.82) is 5.41 Å². The molecule has 0 saturated carbocycles. The molecule has 4 N–H and O–H groups in total. The van der Waals surface area contributed by atoms with Gasteiger partial charge in [0.2, 0.25) is 0 Å². The van der Waals surface area contributed by atoms with Gasteiger partial charge in [0.05, 0.1) is 5.56 Å². The molecule has 2 aromatic rings. The highest BCUT2D eigenvalue weighted by Gasteiger charge is 2.33. The van der Waals surface area contributed by atoms with E-state index in [1.54, 1.807) is 24.3 Å². The van der Waals surface area contributed by atoms with Crippen molar-refractivity contribution in [3.8, 4) is 0 Å². The first-order valence-electron chi connectivity index (χ1n) is 7.74. The molecule has 0 fully saturated rings. The minimum atomic E-state index is -4.67. The quantitative estimate of drug-likeness (QED) is 0.380. The summed E-state index contributed by atoms with van der Waals surface area (Å²) in [5.74, 6) is -1.87. The van der Waals surface area contributed by atoms with Gasteiger partial charge in [0.15, 0.2) is 6.10 Å². The molecule has 0 radical (unpaired) electrons. The molecule has 0 spiro atoms. The van der Waals surface area contributed by atoms with E-state index in [9.17, 15) is 22.4 Å². The third kappa shape index (κ3) is 5.67. The van der Waals surface area contributed by atoms with Crippen LogP contribution in [0.15, 0.2) is 42.5 Å². The van der Waals surface area contributed by atoms with Gasteiger partial charge in [-0.05, 0) is 23.8 Å². The Morgan fingerprint density at radius 1 is 1.21 bits per heavy atom. The standard InChI is InChI=1S/C18H17F4N3O2.ClH/c1-27-15(13-8-12(18(20,21)22)6-7-14(13)19)17(26)25-9-10-2-4-11(5-3-10)16(23)24;/h2-8,15H,9H2,1H3,(H3,23,24)(H,25,26);1H. The summed E-state index contributed by atoms with van der Waals surface area (Å²) in [6, 6.07) is 8.24. The molecule has 2 rings (SSSR count). The van der Waals surface area contributed by atoms with Crippen LogP contribution in [0.25, 0.3) is 0 Å². The third-order valence-electron chi connectivity index (χ3n) is 3.81. The van der Waals surface area contributed by atoms with E-state index in [0.717, 1.165) is 7.11 Å². The second-order valence-corrected chi connectivity index (χ2v) is 5.68. The molecule has 1 atom stereocenters. The van der Waals surface area contributed by atoms with Crippen molar-refractivity contribution >= 4 is 24.1 Å². The molecule has 0 saturated heterocycles. The minimum Gasteiger partial charge on any atom is -0.384 e. The molecule has 0 aliphatic heterocycles. The number of hydrogen-bond donors (Lipinski definition) is 3. The number of amidine groups is 1. The molecular formula is C18H18ClF4N3O2. The number of alkyl halides is 3. The van der Waals surface area contributed by atoms with Crippen molar-refractivity contribution in [3.63, 3.8) is 0 Å². The summed E-state index contributed by atoms with van der Waals surface area (Å²) in [6.07, 6.45) is -6.21. The number of halogens is 5. The maximum absolute atomic E-state index is 14.0. The summed E-state index contributed by atoms with van der Waals surface area (Å²) in [5.41, 5.74) is 4.93. The van der Waals surface area contributed by atoms with Gasteiger partial charge in [-0.15, -0.1) is 12.4 Å². The molecule has 152 valence electrons. The number of nitrogens with two attached hydrogens (primary N) is 1. The normalized spacial score (nSPS) is 12.0. The fraction of sp³-hybridized carbons (Fsp3) is 0.222. The topological polar surface area (TPSA) is 88.2 Å². The van der Waals surface area contributed by atoms with Gasteiger partial charge < -0.3 is 15.8 Å². The molecule has 0 aromatic heterocycles. The van der Waals surface area contributed by atoms with Crippen LogP contribution in [0.1, 0.15) is 28.4 Å². The first-order chi connectivity index (χ1) is 12.6. The molecule has 1 unspecified atom stereocenters. The number of methoxy groups -OCH3 is 1. The fourth-order valence-electron chi connectivity index (χ4n) is 2.38.